The van der Waals surface area contributed by atoms with E-state index in [1.165, 1.54) is 16.9 Å². The third kappa shape index (κ3) is 2.73. The van der Waals surface area contributed by atoms with Crippen LogP contribution in [0.2, 0.25) is 0 Å². The lowest BCUT2D eigenvalue weighted by atomic mass is 10.2. The molecule has 0 aliphatic rings. The molecule has 1 N–H and O–H groups in total. The summed E-state index contributed by atoms with van der Waals surface area (Å²) in [5.41, 5.74) is 1.13. The van der Waals surface area contributed by atoms with Gasteiger partial charge in [-0.2, -0.15) is 4.68 Å². The standard InChI is InChI=1S/C11H10N4O4/c1-7-5-14(13-10(7)15(18)19)6-9-3-2-8(4-12-9)11(16)17/h2-5H,6H2,1H3,(H,16,17). The lowest BCUT2D eigenvalue weighted by molar-refractivity contribution is -0.390. The zero-order valence-corrected chi connectivity index (χ0v) is 9.98. The molecule has 2 aromatic heterocycles. The van der Waals surface area contributed by atoms with Crippen LogP contribution in [0, 0.1) is 17.0 Å². The van der Waals surface area contributed by atoms with E-state index in [0.717, 1.165) is 0 Å². The average Bonchev–Trinajstić information content (AvgIpc) is 2.71. The lowest BCUT2D eigenvalue weighted by Gasteiger charge is -1.98. The van der Waals surface area contributed by atoms with E-state index < -0.39 is 10.9 Å². The van der Waals surface area contributed by atoms with E-state index in [1.54, 1.807) is 19.2 Å². The Morgan fingerprint density at radius 3 is 2.74 bits per heavy atom. The van der Waals surface area contributed by atoms with Crippen molar-refractivity contribution in [3.63, 3.8) is 0 Å². The van der Waals surface area contributed by atoms with Gasteiger partial charge < -0.3 is 15.2 Å². The first-order chi connectivity index (χ1) is 8.97. The number of nitrogens with zero attached hydrogens (tertiary/aromatic N) is 4. The van der Waals surface area contributed by atoms with Crippen molar-refractivity contribution in [3.05, 3.63) is 51.5 Å². The van der Waals surface area contributed by atoms with Crippen LogP contribution in [0.1, 0.15) is 21.6 Å². The van der Waals surface area contributed by atoms with Gasteiger partial charge in [-0.25, -0.2) is 4.79 Å². The minimum Gasteiger partial charge on any atom is -0.478 e. The molecule has 0 unspecified atom stereocenters. The van der Waals surface area contributed by atoms with Crippen LogP contribution in [-0.4, -0.2) is 30.8 Å². The molecular formula is C11H10N4O4. The first kappa shape index (κ1) is 12.7. The third-order valence-electron chi connectivity index (χ3n) is 2.49. The summed E-state index contributed by atoms with van der Waals surface area (Å²) in [5, 5.41) is 23.2. The Bertz CT molecular complexity index is 633. The van der Waals surface area contributed by atoms with Gasteiger partial charge in [0.15, 0.2) is 0 Å². The quantitative estimate of drug-likeness (QED) is 0.655. The summed E-state index contributed by atoms with van der Waals surface area (Å²) >= 11 is 0. The second kappa shape index (κ2) is 4.84. The van der Waals surface area contributed by atoms with Crippen molar-refractivity contribution in [2.24, 2.45) is 0 Å². The number of aromatic nitrogens is 3. The topological polar surface area (TPSA) is 111 Å². The fourth-order valence-electron chi connectivity index (χ4n) is 1.58. The number of carboxylic acid groups (broad SMARTS) is 1. The second-order valence-electron chi connectivity index (χ2n) is 3.93. The maximum absolute atomic E-state index is 10.7. The fraction of sp³-hybridized carbons (Fsp3) is 0.182. The van der Waals surface area contributed by atoms with Gasteiger partial charge in [-0.1, -0.05) is 0 Å². The number of pyridine rings is 1. The Hall–Kier alpha value is -2.77. The highest BCUT2D eigenvalue weighted by Gasteiger charge is 2.17. The first-order valence-electron chi connectivity index (χ1n) is 5.34. The Balaban J connectivity index is 2.19. The third-order valence-corrected chi connectivity index (χ3v) is 2.49. The predicted molar refractivity (Wildman–Crippen MR) is 63.9 cm³/mol. The SMILES string of the molecule is Cc1cn(Cc2ccc(C(=O)O)cn2)nc1[N+](=O)[O-]. The maximum atomic E-state index is 10.7. The number of hydrogen-bond donors (Lipinski definition) is 1. The number of rotatable bonds is 4. The van der Waals surface area contributed by atoms with Crippen molar-refractivity contribution in [1.29, 1.82) is 0 Å². The highest BCUT2D eigenvalue weighted by atomic mass is 16.6. The fourth-order valence-corrected chi connectivity index (χ4v) is 1.58. The van der Waals surface area contributed by atoms with E-state index in [9.17, 15) is 14.9 Å². The van der Waals surface area contributed by atoms with Crippen LogP contribution in [0.25, 0.3) is 0 Å². The number of aromatic carboxylic acids is 1. The summed E-state index contributed by atoms with van der Waals surface area (Å²) in [5.74, 6) is -1.24. The molecular weight excluding hydrogens is 252 g/mol. The van der Waals surface area contributed by atoms with Crippen molar-refractivity contribution in [3.8, 4) is 0 Å². The monoisotopic (exact) mass is 262 g/mol. The highest BCUT2D eigenvalue weighted by Crippen LogP contribution is 2.14. The van der Waals surface area contributed by atoms with Gasteiger partial charge in [-0.15, -0.1) is 0 Å². The molecule has 0 amide bonds. The number of nitro groups is 1. The predicted octanol–water partition coefficient (Wildman–Crippen LogP) is 1.24. The molecule has 8 nitrogen and oxygen atoms in total. The van der Waals surface area contributed by atoms with Crippen LogP contribution in [0.5, 0.6) is 0 Å². The van der Waals surface area contributed by atoms with Crippen molar-refractivity contribution in [1.82, 2.24) is 14.8 Å². The summed E-state index contributed by atoms with van der Waals surface area (Å²) in [4.78, 5) is 24.7. The smallest absolute Gasteiger partial charge is 0.392 e. The summed E-state index contributed by atoms with van der Waals surface area (Å²) < 4.78 is 1.40. The van der Waals surface area contributed by atoms with Gasteiger partial charge in [0.2, 0.25) is 0 Å². The van der Waals surface area contributed by atoms with Gasteiger partial charge in [0.1, 0.15) is 6.54 Å². The Morgan fingerprint density at radius 2 is 2.26 bits per heavy atom. The molecule has 0 saturated carbocycles. The molecule has 2 rings (SSSR count). The molecule has 2 aromatic rings. The second-order valence-corrected chi connectivity index (χ2v) is 3.93. The molecule has 0 aromatic carbocycles. The van der Waals surface area contributed by atoms with E-state index >= 15 is 0 Å². The molecule has 0 fully saturated rings. The van der Waals surface area contributed by atoms with Crippen LogP contribution in [0.3, 0.4) is 0 Å². The van der Waals surface area contributed by atoms with Gasteiger partial charge >= 0.3 is 11.8 Å². The normalized spacial score (nSPS) is 10.4. The van der Waals surface area contributed by atoms with Gasteiger partial charge in [0.05, 0.1) is 28.1 Å². The Morgan fingerprint density at radius 1 is 1.53 bits per heavy atom. The molecule has 0 bridgehead atoms. The van der Waals surface area contributed by atoms with Crippen LogP contribution < -0.4 is 0 Å². The Labute approximate surface area is 107 Å². The van der Waals surface area contributed by atoms with Gasteiger partial charge in [-0.05, 0) is 24.0 Å². The first-order valence-corrected chi connectivity index (χ1v) is 5.34. The lowest BCUT2D eigenvalue weighted by Crippen LogP contribution is -2.04. The van der Waals surface area contributed by atoms with E-state index in [4.69, 9.17) is 5.11 Å². The largest absolute Gasteiger partial charge is 0.478 e. The van der Waals surface area contributed by atoms with E-state index in [2.05, 4.69) is 10.1 Å². The van der Waals surface area contributed by atoms with Crippen LogP contribution in [-0.2, 0) is 6.54 Å². The number of carboxylic acids is 1. The molecule has 0 aliphatic heterocycles. The molecule has 8 heteroatoms. The molecule has 0 spiro atoms. The van der Waals surface area contributed by atoms with Crippen molar-refractivity contribution in [2.75, 3.05) is 0 Å². The highest BCUT2D eigenvalue weighted by molar-refractivity contribution is 5.87. The molecule has 0 atom stereocenters. The molecule has 0 radical (unpaired) electrons. The maximum Gasteiger partial charge on any atom is 0.392 e. The van der Waals surface area contributed by atoms with Crippen molar-refractivity contribution >= 4 is 11.8 Å². The molecule has 0 saturated heterocycles. The van der Waals surface area contributed by atoms with E-state index in [1.807, 2.05) is 0 Å². The minimum absolute atomic E-state index is 0.0892. The van der Waals surface area contributed by atoms with Crippen molar-refractivity contribution < 1.29 is 14.8 Å². The van der Waals surface area contributed by atoms with Gasteiger partial charge in [-0.3, -0.25) is 4.98 Å². The van der Waals surface area contributed by atoms with Gasteiger partial charge in [0, 0.05) is 6.20 Å². The number of hydrogen-bond acceptors (Lipinski definition) is 5. The summed E-state index contributed by atoms with van der Waals surface area (Å²) in [6.45, 7) is 1.84. The zero-order chi connectivity index (χ0) is 14.0. The summed E-state index contributed by atoms with van der Waals surface area (Å²) in [6, 6.07) is 2.97. The molecule has 2 heterocycles. The number of carbonyl (C=O) groups is 1. The van der Waals surface area contributed by atoms with E-state index in [-0.39, 0.29) is 17.9 Å². The van der Waals surface area contributed by atoms with Crippen LogP contribution >= 0.6 is 0 Å². The average molecular weight is 262 g/mol. The molecule has 0 aliphatic carbocycles. The van der Waals surface area contributed by atoms with Gasteiger partial charge in [0.25, 0.3) is 0 Å². The molecule has 98 valence electrons. The van der Waals surface area contributed by atoms with Crippen molar-refractivity contribution in [2.45, 2.75) is 13.5 Å². The molecule has 19 heavy (non-hydrogen) atoms. The summed E-state index contributed by atoms with van der Waals surface area (Å²) in [7, 11) is 0. The van der Waals surface area contributed by atoms with Crippen LogP contribution in [0.15, 0.2) is 24.5 Å². The number of aryl methyl sites for hydroxylation is 1. The van der Waals surface area contributed by atoms with Crippen LogP contribution in [0.4, 0.5) is 5.82 Å². The Kier molecular flexibility index (Phi) is 3.23. The van der Waals surface area contributed by atoms with E-state index in [0.29, 0.717) is 11.3 Å². The summed E-state index contributed by atoms with van der Waals surface area (Å²) in [6.07, 6.45) is 2.79. The zero-order valence-electron chi connectivity index (χ0n) is 9.98. The minimum atomic E-state index is -1.05.